The highest BCUT2D eigenvalue weighted by atomic mass is 16.5. The van der Waals surface area contributed by atoms with Gasteiger partial charge in [-0.25, -0.2) is 0 Å². The smallest absolute Gasteiger partial charge is 0.224 e. The summed E-state index contributed by atoms with van der Waals surface area (Å²) in [5, 5.41) is 2.69. The number of nitrogens with one attached hydrogen (secondary N) is 1. The maximum Gasteiger partial charge on any atom is 0.224 e. The van der Waals surface area contributed by atoms with Gasteiger partial charge in [0.05, 0.1) is 12.3 Å². The summed E-state index contributed by atoms with van der Waals surface area (Å²) in [7, 11) is 0. The number of carbonyl (C=O) groups is 1. The first-order chi connectivity index (χ1) is 11.2. The van der Waals surface area contributed by atoms with Gasteiger partial charge in [-0.15, -0.1) is 0 Å². The van der Waals surface area contributed by atoms with Gasteiger partial charge in [0.2, 0.25) is 5.91 Å². The van der Waals surface area contributed by atoms with Crippen molar-refractivity contribution >= 4 is 11.6 Å². The Labute approximate surface area is 141 Å². The molecule has 0 bridgehead atoms. The van der Waals surface area contributed by atoms with E-state index in [1.165, 1.54) is 57.8 Å². The Morgan fingerprint density at radius 2 is 1.52 bits per heavy atom. The van der Waals surface area contributed by atoms with Crippen molar-refractivity contribution in [1.29, 1.82) is 0 Å². The lowest BCUT2D eigenvalue weighted by molar-refractivity contribution is -0.112. The molecule has 23 heavy (non-hydrogen) atoms. The van der Waals surface area contributed by atoms with Crippen molar-refractivity contribution < 1.29 is 9.53 Å². The van der Waals surface area contributed by atoms with E-state index in [1.54, 1.807) is 0 Å². The van der Waals surface area contributed by atoms with Crippen LogP contribution in [0.1, 0.15) is 71.1 Å². The molecule has 1 amide bonds. The van der Waals surface area contributed by atoms with E-state index in [2.05, 4.69) is 19.2 Å². The number of benzene rings is 1. The van der Waals surface area contributed by atoms with Crippen molar-refractivity contribution in [3.63, 3.8) is 0 Å². The third-order valence-electron chi connectivity index (χ3n) is 3.92. The molecule has 1 aromatic rings. The Morgan fingerprint density at radius 3 is 2.13 bits per heavy atom. The Bertz CT molecular complexity index is 431. The second-order valence-electron chi connectivity index (χ2n) is 6.07. The SMILES string of the molecule is [CH2]C(=O)Nc1ccccc1OCCCCCCCCCCCC. The van der Waals surface area contributed by atoms with Gasteiger partial charge in [0.15, 0.2) is 0 Å². The van der Waals surface area contributed by atoms with E-state index in [0.717, 1.165) is 12.2 Å². The van der Waals surface area contributed by atoms with Crippen LogP contribution in [0, 0.1) is 6.92 Å². The molecule has 0 aliphatic heterocycles. The van der Waals surface area contributed by atoms with Crippen molar-refractivity contribution in [2.75, 3.05) is 11.9 Å². The fourth-order valence-corrected chi connectivity index (χ4v) is 2.62. The second kappa shape index (κ2) is 13.0. The summed E-state index contributed by atoms with van der Waals surface area (Å²) in [5.74, 6) is 0.403. The number of ether oxygens (including phenoxy) is 1. The lowest BCUT2D eigenvalue weighted by atomic mass is 10.1. The molecule has 0 aliphatic carbocycles. The normalized spacial score (nSPS) is 10.5. The maximum atomic E-state index is 11.0. The Hall–Kier alpha value is -1.51. The molecule has 0 unspecified atom stereocenters. The number of hydrogen-bond donors (Lipinski definition) is 1. The number of para-hydroxylation sites is 2. The molecule has 1 radical (unpaired) electrons. The van der Waals surface area contributed by atoms with Gasteiger partial charge in [0, 0.05) is 6.92 Å². The molecule has 3 heteroatoms. The van der Waals surface area contributed by atoms with Gasteiger partial charge in [-0.1, -0.05) is 76.8 Å². The minimum atomic E-state index is -0.319. The molecular formula is C20H32NO2. The summed E-state index contributed by atoms with van der Waals surface area (Å²) >= 11 is 0. The highest BCUT2D eigenvalue weighted by Gasteiger charge is 2.03. The first-order valence-electron chi connectivity index (χ1n) is 9.08. The van der Waals surface area contributed by atoms with E-state index < -0.39 is 0 Å². The molecule has 1 N–H and O–H groups in total. The Balaban J connectivity index is 2.04. The summed E-state index contributed by atoms with van der Waals surface area (Å²) in [6.07, 6.45) is 13.1. The molecule has 0 spiro atoms. The van der Waals surface area contributed by atoms with Crippen LogP contribution in [0.2, 0.25) is 0 Å². The summed E-state index contributed by atoms with van der Waals surface area (Å²) in [6.45, 7) is 6.28. The number of anilines is 1. The molecule has 0 fully saturated rings. The van der Waals surface area contributed by atoms with E-state index in [-0.39, 0.29) is 5.91 Å². The quantitative estimate of drug-likeness (QED) is 0.470. The fourth-order valence-electron chi connectivity index (χ4n) is 2.62. The van der Waals surface area contributed by atoms with E-state index in [1.807, 2.05) is 24.3 Å². The van der Waals surface area contributed by atoms with E-state index in [0.29, 0.717) is 12.3 Å². The summed E-state index contributed by atoms with van der Waals surface area (Å²) in [4.78, 5) is 11.0. The molecule has 1 aromatic carbocycles. The van der Waals surface area contributed by atoms with Crippen molar-refractivity contribution in [2.24, 2.45) is 0 Å². The third-order valence-corrected chi connectivity index (χ3v) is 3.92. The van der Waals surface area contributed by atoms with Crippen LogP contribution in [0.15, 0.2) is 24.3 Å². The molecular weight excluding hydrogens is 286 g/mol. The number of carbonyl (C=O) groups excluding carboxylic acids is 1. The summed E-state index contributed by atoms with van der Waals surface area (Å²) < 4.78 is 5.77. The zero-order valence-electron chi connectivity index (χ0n) is 14.6. The number of amides is 1. The molecule has 3 nitrogen and oxygen atoms in total. The van der Waals surface area contributed by atoms with Gasteiger partial charge < -0.3 is 10.1 Å². The van der Waals surface area contributed by atoms with E-state index in [9.17, 15) is 4.79 Å². The van der Waals surface area contributed by atoms with E-state index >= 15 is 0 Å². The topological polar surface area (TPSA) is 38.3 Å². The van der Waals surface area contributed by atoms with Crippen molar-refractivity contribution in [1.82, 2.24) is 0 Å². The van der Waals surface area contributed by atoms with Crippen LogP contribution in [0.3, 0.4) is 0 Å². The highest BCUT2D eigenvalue weighted by Crippen LogP contribution is 2.24. The summed E-state index contributed by atoms with van der Waals surface area (Å²) in [5.41, 5.74) is 0.694. The lowest BCUT2D eigenvalue weighted by Gasteiger charge is -2.11. The van der Waals surface area contributed by atoms with Crippen LogP contribution < -0.4 is 10.1 Å². The molecule has 0 saturated heterocycles. The minimum absolute atomic E-state index is 0.319. The molecule has 0 heterocycles. The average Bonchev–Trinajstić information content (AvgIpc) is 2.53. The van der Waals surface area contributed by atoms with Crippen LogP contribution in [0.5, 0.6) is 5.75 Å². The standard InChI is InChI=1S/C20H32NO2/c1-3-4-5-6-7-8-9-10-11-14-17-23-20-16-13-12-15-19(20)21-18(2)22/h12-13,15-16H,2-11,14,17H2,1H3,(H,21,22). The fraction of sp³-hybridized carbons (Fsp3) is 0.600. The van der Waals surface area contributed by atoms with Gasteiger partial charge in [-0.3, -0.25) is 4.79 Å². The largest absolute Gasteiger partial charge is 0.491 e. The van der Waals surface area contributed by atoms with Crippen LogP contribution >= 0.6 is 0 Å². The number of hydrogen-bond acceptors (Lipinski definition) is 2. The second-order valence-corrected chi connectivity index (χ2v) is 6.07. The van der Waals surface area contributed by atoms with Crippen LogP contribution in [-0.2, 0) is 4.79 Å². The Kier molecular flexibility index (Phi) is 11.0. The lowest BCUT2D eigenvalue weighted by Crippen LogP contribution is -2.08. The first-order valence-corrected chi connectivity index (χ1v) is 9.08. The van der Waals surface area contributed by atoms with Crippen molar-refractivity contribution in [3.05, 3.63) is 31.2 Å². The predicted octanol–water partition coefficient (Wildman–Crippen LogP) is 5.76. The van der Waals surface area contributed by atoms with Crippen molar-refractivity contribution in [3.8, 4) is 5.75 Å². The van der Waals surface area contributed by atoms with Gasteiger partial charge in [-0.2, -0.15) is 0 Å². The molecule has 0 aliphatic rings. The molecule has 129 valence electrons. The number of rotatable bonds is 13. The van der Waals surface area contributed by atoms with Crippen molar-refractivity contribution in [2.45, 2.75) is 71.1 Å². The van der Waals surface area contributed by atoms with Gasteiger partial charge in [0.25, 0.3) is 0 Å². The van der Waals surface area contributed by atoms with Crippen LogP contribution in [0.4, 0.5) is 5.69 Å². The number of unbranched alkanes of at least 4 members (excludes halogenated alkanes) is 9. The Morgan fingerprint density at radius 1 is 0.957 bits per heavy atom. The van der Waals surface area contributed by atoms with Crippen LogP contribution in [-0.4, -0.2) is 12.5 Å². The predicted molar refractivity (Wildman–Crippen MR) is 97.8 cm³/mol. The van der Waals surface area contributed by atoms with Gasteiger partial charge >= 0.3 is 0 Å². The first kappa shape index (κ1) is 19.5. The van der Waals surface area contributed by atoms with Crippen LogP contribution in [0.25, 0.3) is 0 Å². The molecule has 1 rings (SSSR count). The zero-order valence-corrected chi connectivity index (χ0v) is 14.6. The average molecular weight is 318 g/mol. The van der Waals surface area contributed by atoms with Gasteiger partial charge in [0.1, 0.15) is 5.75 Å². The van der Waals surface area contributed by atoms with E-state index in [4.69, 9.17) is 4.74 Å². The van der Waals surface area contributed by atoms with Gasteiger partial charge in [-0.05, 0) is 18.6 Å². The highest BCUT2D eigenvalue weighted by molar-refractivity contribution is 5.95. The molecule has 0 aromatic heterocycles. The zero-order chi connectivity index (χ0) is 16.8. The molecule has 0 saturated carbocycles. The third kappa shape index (κ3) is 9.98. The summed E-state index contributed by atoms with van der Waals surface area (Å²) in [6, 6.07) is 7.49. The maximum absolute atomic E-state index is 11.0. The minimum Gasteiger partial charge on any atom is -0.491 e. The molecule has 0 atom stereocenters. The monoisotopic (exact) mass is 318 g/mol.